The summed E-state index contributed by atoms with van der Waals surface area (Å²) in [5, 5.41) is 2.71. The maximum atomic E-state index is 12.5. The van der Waals surface area contributed by atoms with Crippen molar-refractivity contribution in [2.75, 3.05) is 24.5 Å². The normalized spacial score (nSPS) is 14.6. The van der Waals surface area contributed by atoms with Gasteiger partial charge in [0.25, 0.3) is 5.91 Å². The highest BCUT2D eigenvalue weighted by Crippen LogP contribution is 2.23. The molecular weight excluding hydrogens is 363 g/mol. The zero-order chi connectivity index (χ0) is 19.4. The number of carbonyl (C=O) groups is 2. The molecule has 1 saturated heterocycles. The number of alkyl halides is 3. The molecule has 3 amide bonds. The zero-order valence-corrected chi connectivity index (χ0v) is 14.1. The van der Waals surface area contributed by atoms with Gasteiger partial charge in [-0.15, -0.1) is 0 Å². The van der Waals surface area contributed by atoms with Gasteiger partial charge in [-0.2, -0.15) is 13.2 Å². The maximum absolute atomic E-state index is 12.5. The number of pyridine rings is 2. The molecule has 0 radical (unpaired) electrons. The Balaban J connectivity index is 1.58. The van der Waals surface area contributed by atoms with Gasteiger partial charge in [-0.1, -0.05) is 6.07 Å². The van der Waals surface area contributed by atoms with Crippen molar-refractivity contribution >= 4 is 17.8 Å². The minimum absolute atomic E-state index is 0.0110. The van der Waals surface area contributed by atoms with Crippen molar-refractivity contribution < 1.29 is 22.8 Å². The van der Waals surface area contributed by atoms with Crippen LogP contribution < -0.4 is 10.2 Å². The lowest BCUT2D eigenvalue weighted by Crippen LogP contribution is -2.38. The van der Waals surface area contributed by atoms with E-state index in [4.69, 9.17) is 0 Å². The van der Waals surface area contributed by atoms with E-state index in [2.05, 4.69) is 15.3 Å². The smallest absolute Gasteiger partial charge is 0.348 e. The van der Waals surface area contributed by atoms with Crippen LogP contribution in [0.25, 0.3) is 0 Å². The number of carbonyl (C=O) groups excluding carboxylic acids is 2. The Labute approximate surface area is 152 Å². The first-order valence-corrected chi connectivity index (χ1v) is 8.10. The van der Waals surface area contributed by atoms with Gasteiger partial charge in [0.2, 0.25) is 0 Å². The summed E-state index contributed by atoms with van der Waals surface area (Å²) in [6, 6.07) is 5.76. The molecule has 0 aliphatic carbocycles. The number of hydrogen-bond donors (Lipinski definition) is 1. The van der Waals surface area contributed by atoms with Crippen LogP contribution in [0.5, 0.6) is 0 Å². The van der Waals surface area contributed by atoms with Crippen LogP contribution in [0.3, 0.4) is 0 Å². The fourth-order valence-corrected chi connectivity index (χ4v) is 2.62. The fraction of sp³-hybridized carbons (Fsp3) is 0.294. The van der Waals surface area contributed by atoms with Crippen molar-refractivity contribution in [3.63, 3.8) is 0 Å². The van der Waals surface area contributed by atoms with Gasteiger partial charge < -0.3 is 10.2 Å². The van der Waals surface area contributed by atoms with Crippen molar-refractivity contribution in [3.05, 3.63) is 54.0 Å². The van der Waals surface area contributed by atoms with Gasteiger partial charge in [0, 0.05) is 38.2 Å². The number of aromatic nitrogens is 2. The average Bonchev–Trinajstić information content (AvgIpc) is 3.00. The molecule has 0 spiro atoms. The largest absolute Gasteiger partial charge is 0.406 e. The van der Waals surface area contributed by atoms with Crippen LogP contribution in [-0.2, 0) is 6.54 Å². The van der Waals surface area contributed by atoms with E-state index in [0.717, 1.165) is 4.90 Å². The number of halogens is 3. The molecule has 0 bridgehead atoms. The lowest BCUT2D eigenvalue weighted by Gasteiger charge is -2.19. The van der Waals surface area contributed by atoms with E-state index < -0.39 is 18.8 Å². The predicted molar refractivity (Wildman–Crippen MR) is 90.0 cm³/mol. The number of urea groups is 1. The molecule has 2 aromatic rings. The number of hydrogen-bond acceptors (Lipinski definition) is 4. The first-order chi connectivity index (χ1) is 12.8. The van der Waals surface area contributed by atoms with Crippen LogP contribution >= 0.6 is 0 Å². The Morgan fingerprint density at radius 2 is 2.00 bits per heavy atom. The van der Waals surface area contributed by atoms with E-state index in [-0.39, 0.29) is 31.4 Å². The van der Waals surface area contributed by atoms with Crippen molar-refractivity contribution in [1.82, 2.24) is 20.2 Å². The molecule has 0 atom stereocenters. The molecule has 0 aromatic carbocycles. The molecule has 0 saturated carbocycles. The summed E-state index contributed by atoms with van der Waals surface area (Å²) in [5.74, 6) is -0.0169. The van der Waals surface area contributed by atoms with E-state index >= 15 is 0 Å². The second-order valence-electron chi connectivity index (χ2n) is 5.92. The first-order valence-electron chi connectivity index (χ1n) is 8.10. The third kappa shape index (κ3) is 4.72. The Morgan fingerprint density at radius 1 is 1.19 bits per heavy atom. The second-order valence-corrected chi connectivity index (χ2v) is 5.92. The first kappa shape index (κ1) is 18.6. The summed E-state index contributed by atoms with van der Waals surface area (Å²) in [7, 11) is 0. The van der Waals surface area contributed by atoms with E-state index in [1.165, 1.54) is 17.3 Å². The van der Waals surface area contributed by atoms with Crippen LogP contribution in [0.1, 0.15) is 15.9 Å². The zero-order valence-electron chi connectivity index (χ0n) is 14.1. The quantitative estimate of drug-likeness (QED) is 0.864. The van der Waals surface area contributed by atoms with Crippen LogP contribution in [0.2, 0.25) is 0 Å². The predicted octanol–water partition coefficient (Wildman–Crippen LogP) is 2.21. The number of amides is 3. The van der Waals surface area contributed by atoms with E-state index in [9.17, 15) is 22.8 Å². The minimum Gasteiger partial charge on any atom is -0.348 e. The second kappa shape index (κ2) is 7.60. The summed E-state index contributed by atoms with van der Waals surface area (Å²) < 4.78 is 37.4. The third-order valence-electron chi connectivity index (χ3n) is 3.93. The molecule has 7 nitrogen and oxygen atoms in total. The Hall–Kier alpha value is -3.17. The Kier molecular flexibility index (Phi) is 5.24. The minimum atomic E-state index is -4.44. The van der Waals surface area contributed by atoms with Gasteiger partial charge in [-0.05, 0) is 23.8 Å². The molecule has 0 unspecified atom stereocenters. The monoisotopic (exact) mass is 379 g/mol. The van der Waals surface area contributed by atoms with E-state index in [1.807, 2.05) is 0 Å². The van der Waals surface area contributed by atoms with Crippen LogP contribution in [0.4, 0.5) is 23.8 Å². The standard InChI is InChI=1S/C17H16F3N5O2/c18-17(19,20)11-24-6-7-25(16(24)27)14-4-3-12(8-22-14)9-23-15(26)13-2-1-5-21-10-13/h1-5,8,10H,6-7,9,11H2,(H,23,26). The summed E-state index contributed by atoms with van der Waals surface area (Å²) in [6.07, 6.45) is 0.0469. The van der Waals surface area contributed by atoms with Crippen LogP contribution in [0, 0.1) is 0 Å². The van der Waals surface area contributed by atoms with Crippen LogP contribution in [-0.4, -0.2) is 52.6 Å². The molecule has 2 aromatic heterocycles. The molecule has 142 valence electrons. The molecule has 1 fully saturated rings. The highest BCUT2D eigenvalue weighted by atomic mass is 19.4. The third-order valence-corrected chi connectivity index (χ3v) is 3.93. The molecule has 1 aliphatic heterocycles. The highest BCUT2D eigenvalue weighted by molar-refractivity contribution is 5.94. The summed E-state index contributed by atoms with van der Waals surface area (Å²) in [5.41, 5.74) is 1.12. The summed E-state index contributed by atoms with van der Waals surface area (Å²) >= 11 is 0. The lowest BCUT2D eigenvalue weighted by atomic mass is 10.2. The SMILES string of the molecule is O=C(NCc1ccc(N2CCN(CC(F)(F)F)C2=O)nc1)c1cccnc1. The molecule has 27 heavy (non-hydrogen) atoms. The van der Waals surface area contributed by atoms with Gasteiger partial charge in [-0.3, -0.25) is 14.7 Å². The molecule has 3 rings (SSSR count). The van der Waals surface area contributed by atoms with Crippen molar-refractivity contribution in [2.45, 2.75) is 12.7 Å². The van der Waals surface area contributed by atoms with Crippen LogP contribution in [0.15, 0.2) is 42.9 Å². The van der Waals surface area contributed by atoms with Gasteiger partial charge in [0.15, 0.2) is 0 Å². The average molecular weight is 379 g/mol. The van der Waals surface area contributed by atoms with Crippen molar-refractivity contribution in [1.29, 1.82) is 0 Å². The number of nitrogens with one attached hydrogen (secondary N) is 1. The topological polar surface area (TPSA) is 78.4 Å². The molecular formula is C17H16F3N5O2. The Bertz CT molecular complexity index is 812. The molecule has 1 N–H and O–H groups in total. The highest BCUT2D eigenvalue weighted by Gasteiger charge is 2.38. The number of nitrogens with zero attached hydrogens (tertiary/aromatic N) is 4. The van der Waals surface area contributed by atoms with E-state index in [1.54, 1.807) is 30.5 Å². The summed E-state index contributed by atoms with van der Waals surface area (Å²) in [6.45, 7) is -0.933. The molecule has 1 aliphatic rings. The molecule has 10 heteroatoms. The lowest BCUT2D eigenvalue weighted by molar-refractivity contribution is -0.138. The number of anilines is 1. The fourth-order valence-electron chi connectivity index (χ4n) is 2.62. The van der Waals surface area contributed by atoms with Gasteiger partial charge in [0.05, 0.1) is 5.56 Å². The Morgan fingerprint density at radius 3 is 2.63 bits per heavy atom. The summed E-state index contributed by atoms with van der Waals surface area (Å²) in [4.78, 5) is 34.0. The van der Waals surface area contributed by atoms with Crippen molar-refractivity contribution in [3.8, 4) is 0 Å². The van der Waals surface area contributed by atoms with Crippen molar-refractivity contribution in [2.24, 2.45) is 0 Å². The molecule has 3 heterocycles. The van der Waals surface area contributed by atoms with E-state index in [0.29, 0.717) is 11.1 Å². The number of rotatable bonds is 5. The van der Waals surface area contributed by atoms with Gasteiger partial charge >= 0.3 is 12.2 Å². The van der Waals surface area contributed by atoms with Gasteiger partial charge in [0.1, 0.15) is 12.4 Å². The van der Waals surface area contributed by atoms with Gasteiger partial charge in [-0.25, -0.2) is 9.78 Å². The maximum Gasteiger partial charge on any atom is 0.406 e.